The summed E-state index contributed by atoms with van der Waals surface area (Å²) in [5.41, 5.74) is 2.18. The van der Waals surface area contributed by atoms with E-state index in [1.54, 1.807) is 45.3 Å². The highest BCUT2D eigenvalue weighted by Crippen LogP contribution is 2.38. The van der Waals surface area contributed by atoms with Gasteiger partial charge in [0.15, 0.2) is 0 Å². The van der Waals surface area contributed by atoms with Gasteiger partial charge in [0.25, 0.3) is 0 Å². The minimum absolute atomic E-state index is 0.00902. The third kappa shape index (κ3) is 6.19. The standard InChI is InChI=1S/C29H35N3O6S/c1-20-17-32(21(2)19-33)39(35,36)28-15-14-22(24-12-8-9-13-25(24)37-4)16-26(28)38-27(20)18-31(3)29(34)30-23-10-6-5-7-11-23/h5-16,20-21,27,33H,17-19H2,1-4H3,(H,30,34)/t20-,21+,27+/m1/s1. The van der Waals surface area contributed by atoms with Crippen molar-refractivity contribution in [3.63, 3.8) is 0 Å². The molecule has 9 nitrogen and oxygen atoms in total. The summed E-state index contributed by atoms with van der Waals surface area (Å²) in [5.74, 6) is 0.523. The lowest BCUT2D eigenvalue weighted by Crippen LogP contribution is -2.50. The Kier molecular flexibility index (Phi) is 8.79. The Morgan fingerprint density at radius 1 is 1.15 bits per heavy atom. The van der Waals surface area contributed by atoms with Gasteiger partial charge in [-0.3, -0.25) is 0 Å². The Labute approximate surface area is 230 Å². The van der Waals surface area contributed by atoms with E-state index in [9.17, 15) is 18.3 Å². The molecule has 1 aliphatic rings. The van der Waals surface area contributed by atoms with Crippen LogP contribution in [0.15, 0.2) is 77.7 Å². The molecule has 0 radical (unpaired) electrons. The fourth-order valence-electron chi connectivity index (χ4n) is 4.59. The van der Waals surface area contributed by atoms with Crippen molar-refractivity contribution >= 4 is 21.7 Å². The summed E-state index contributed by atoms with van der Waals surface area (Å²) >= 11 is 0. The minimum atomic E-state index is -3.99. The van der Waals surface area contributed by atoms with E-state index in [0.717, 1.165) is 11.1 Å². The molecule has 0 aromatic heterocycles. The molecule has 0 aliphatic carbocycles. The van der Waals surface area contributed by atoms with E-state index in [2.05, 4.69) is 5.32 Å². The second kappa shape index (κ2) is 12.1. The van der Waals surface area contributed by atoms with Gasteiger partial charge in [0.1, 0.15) is 22.5 Å². The van der Waals surface area contributed by atoms with Crippen LogP contribution in [0, 0.1) is 5.92 Å². The zero-order chi connectivity index (χ0) is 28.2. The van der Waals surface area contributed by atoms with Gasteiger partial charge < -0.3 is 24.8 Å². The van der Waals surface area contributed by atoms with Crippen molar-refractivity contribution in [1.82, 2.24) is 9.21 Å². The van der Waals surface area contributed by atoms with Crippen LogP contribution in [0.4, 0.5) is 10.5 Å². The number of aliphatic hydroxyl groups excluding tert-OH is 1. The van der Waals surface area contributed by atoms with E-state index >= 15 is 0 Å². The highest BCUT2D eigenvalue weighted by Gasteiger charge is 2.38. The van der Waals surface area contributed by atoms with Gasteiger partial charge >= 0.3 is 6.03 Å². The molecule has 1 heterocycles. The fraction of sp³-hybridized carbons (Fsp3) is 0.345. The molecule has 1 aliphatic heterocycles. The Morgan fingerprint density at radius 3 is 2.54 bits per heavy atom. The van der Waals surface area contributed by atoms with Crippen LogP contribution in [0.3, 0.4) is 0 Å². The number of aliphatic hydroxyl groups is 1. The molecule has 208 valence electrons. The molecule has 3 aromatic carbocycles. The Morgan fingerprint density at radius 2 is 1.85 bits per heavy atom. The molecule has 2 N–H and O–H groups in total. The molecule has 0 fully saturated rings. The second-order valence-corrected chi connectivity index (χ2v) is 11.6. The van der Waals surface area contributed by atoms with E-state index < -0.39 is 22.2 Å². The summed E-state index contributed by atoms with van der Waals surface area (Å²) in [6.07, 6.45) is -0.535. The lowest BCUT2D eigenvalue weighted by Gasteiger charge is -2.37. The number of ether oxygens (including phenoxy) is 2. The van der Waals surface area contributed by atoms with Gasteiger partial charge in [-0.1, -0.05) is 49.4 Å². The van der Waals surface area contributed by atoms with Gasteiger partial charge in [-0.15, -0.1) is 0 Å². The van der Waals surface area contributed by atoms with Gasteiger partial charge in [0.05, 0.1) is 20.3 Å². The number of carbonyl (C=O) groups is 1. The van der Waals surface area contributed by atoms with E-state index in [1.165, 1.54) is 15.3 Å². The quantitative estimate of drug-likeness (QED) is 0.452. The minimum Gasteiger partial charge on any atom is -0.496 e. The molecular weight excluding hydrogens is 518 g/mol. The van der Waals surface area contributed by atoms with Crippen molar-refractivity contribution < 1.29 is 27.8 Å². The number of fused-ring (bicyclic) bond motifs is 1. The average molecular weight is 554 g/mol. The molecule has 3 atom stereocenters. The number of anilines is 1. The van der Waals surface area contributed by atoms with Crippen LogP contribution in [-0.4, -0.2) is 74.8 Å². The summed E-state index contributed by atoms with van der Waals surface area (Å²) < 4.78 is 40.8. The second-order valence-electron chi connectivity index (χ2n) is 9.78. The number of sulfonamides is 1. The zero-order valence-electron chi connectivity index (χ0n) is 22.6. The van der Waals surface area contributed by atoms with Crippen LogP contribution in [0.25, 0.3) is 11.1 Å². The topological polar surface area (TPSA) is 108 Å². The molecule has 3 aromatic rings. The number of urea groups is 1. The summed E-state index contributed by atoms with van der Waals surface area (Å²) in [6.45, 7) is 3.56. The first-order valence-corrected chi connectivity index (χ1v) is 14.2. The molecule has 0 bridgehead atoms. The molecule has 0 saturated heterocycles. The number of methoxy groups -OCH3 is 1. The van der Waals surface area contributed by atoms with E-state index in [0.29, 0.717) is 11.4 Å². The van der Waals surface area contributed by atoms with Crippen molar-refractivity contribution in [2.24, 2.45) is 5.92 Å². The molecule has 0 unspecified atom stereocenters. The Hall–Kier alpha value is -3.60. The van der Waals surface area contributed by atoms with Crippen molar-refractivity contribution in [3.05, 3.63) is 72.8 Å². The SMILES string of the molecule is COc1ccccc1-c1ccc2c(c1)O[C@@H](CN(C)C(=O)Nc1ccccc1)[C@H](C)CN([C@@H](C)CO)S2(=O)=O. The number of nitrogens with zero attached hydrogens (tertiary/aromatic N) is 2. The summed E-state index contributed by atoms with van der Waals surface area (Å²) in [4.78, 5) is 14.5. The molecular formula is C29H35N3O6S. The number of hydrogen-bond donors (Lipinski definition) is 2. The number of benzene rings is 3. The summed E-state index contributed by atoms with van der Waals surface area (Å²) in [6, 6.07) is 20.6. The highest BCUT2D eigenvalue weighted by molar-refractivity contribution is 7.89. The van der Waals surface area contributed by atoms with Gasteiger partial charge in [0.2, 0.25) is 10.0 Å². The van der Waals surface area contributed by atoms with Crippen molar-refractivity contribution in [3.8, 4) is 22.6 Å². The fourth-order valence-corrected chi connectivity index (χ4v) is 6.41. The lowest BCUT2D eigenvalue weighted by molar-refractivity contribution is 0.0830. The molecule has 10 heteroatoms. The highest BCUT2D eigenvalue weighted by atomic mass is 32.2. The number of rotatable bonds is 7. The van der Waals surface area contributed by atoms with Gasteiger partial charge in [0, 0.05) is 36.8 Å². The largest absolute Gasteiger partial charge is 0.496 e. The zero-order valence-corrected chi connectivity index (χ0v) is 23.4. The Balaban J connectivity index is 1.72. The van der Waals surface area contributed by atoms with Gasteiger partial charge in [-0.05, 0) is 42.8 Å². The number of nitrogens with one attached hydrogen (secondary N) is 1. The number of likely N-dealkylation sites (N-methyl/N-ethyl adjacent to an activating group) is 1. The number of hydrogen-bond acceptors (Lipinski definition) is 6. The van der Waals surface area contributed by atoms with Crippen LogP contribution in [0.1, 0.15) is 13.8 Å². The van der Waals surface area contributed by atoms with Crippen LogP contribution in [0.5, 0.6) is 11.5 Å². The maximum Gasteiger partial charge on any atom is 0.321 e. The van der Waals surface area contributed by atoms with Crippen LogP contribution in [-0.2, 0) is 10.0 Å². The summed E-state index contributed by atoms with van der Waals surface area (Å²) in [7, 11) is -0.737. The molecule has 0 saturated carbocycles. The third-order valence-corrected chi connectivity index (χ3v) is 8.93. The van der Waals surface area contributed by atoms with Crippen LogP contribution >= 0.6 is 0 Å². The third-order valence-electron chi connectivity index (χ3n) is 6.91. The monoisotopic (exact) mass is 553 g/mol. The molecule has 2 amide bonds. The number of para-hydroxylation sites is 2. The normalized spacial score (nSPS) is 19.5. The molecule has 39 heavy (non-hydrogen) atoms. The van der Waals surface area contributed by atoms with Crippen molar-refractivity contribution in [2.45, 2.75) is 30.9 Å². The lowest BCUT2D eigenvalue weighted by atomic mass is 10.0. The maximum atomic E-state index is 13.8. The maximum absolute atomic E-state index is 13.8. The molecule has 0 spiro atoms. The summed E-state index contributed by atoms with van der Waals surface area (Å²) in [5, 5.41) is 12.7. The predicted molar refractivity (Wildman–Crippen MR) is 151 cm³/mol. The Bertz CT molecular complexity index is 1400. The number of amides is 2. The van der Waals surface area contributed by atoms with Gasteiger partial charge in [-0.2, -0.15) is 4.31 Å². The molecule has 4 rings (SSSR count). The van der Waals surface area contributed by atoms with Crippen LogP contribution < -0.4 is 14.8 Å². The first kappa shape index (κ1) is 28.4. The van der Waals surface area contributed by atoms with Crippen molar-refractivity contribution in [2.75, 3.05) is 39.2 Å². The van der Waals surface area contributed by atoms with Crippen molar-refractivity contribution in [1.29, 1.82) is 0 Å². The average Bonchev–Trinajstić information content (AvgIpc) is 2.94. The van der Waals surface area contributed by atoms with E-state index in [1.807, 2.05) is 49.4 Å². The van der Waals surface area contributed by atoms with E-state index in [4.69, 9.17) is 9.47 Å². The number of carbonyl (C=O) groups excluding carboxylic acids is 1. The van der Waals surface area contributed by atoms with E-state index in [-0.39, 0.29) is 42.3 Å². The predicted octanol–water partition coefficient (Wildman–Crippen LogP) is 4.29. The van der Waals surface area contributed by atoms with Gasteiger partial charge in [-0.25, -0.2) is 13.2 Å². The first-order chi connectivity index (χ1) is 18.6. The first-order valence-electron chi connectivity index (χ1n) is 12.8. The smallest absolute Gasteiger partial charge is 0.321 e. The van der Waals surface area contributed by atoms with Crippen LogP contribution in [0.2, 0.25) is 0 Å².